The number of terminal acetylenes is 1. The number of nitrogens with zero attached hydrogens (tertiary/aromatic N) is 5. The number of rotatable bonds is 3. The van der Waals surface area contributed by atoms with E-state index in [1.807, 2.05) is 70.6 Å². The van der Waals surface area contributed by atoms with Crippen LogP contribution in [-0.2, 0) is 7.05 Å². The summed E-state index contributed by atoms with van der Waals surface area (Å²) in [6, 6.07) is 7.82. The predicted molar refractivity (Wildman–Crippen MR) is 146 cm³/mol. The molecule has 0 bridgehead atoms. The number of hydrogen-bond donors (Lipinski definition) is 1. The Morgan fingerprint density at radius 1 is 1.14 bits per heavy atom. The molecule has 1 N–H and O–H groups in total. The normalized spacial score (nSPS) is 13.9. The molecule has 4 heterocycles. The monoisotopic (exact) mass is 480 g/mol. The second kappa shape index (κ2) is 17.7. The molecule has 190 valence electrons. The van der Waals surface area contributed by atoms with Crippen LogP contribution in [0.5, 0.6) is 0 Å². The van der Waals surface area contributed by atoms with Crippen molar-refractivity contribution in [1.29, 1.82) is 0 Å². The molecule has 0 radical (unpaired) electrons. The number of anilines is 1. The molecular weight excluding hydrogens is 440 g/mol. The van der Waals surface area contributed by atoms with Gasteiger partial charge in [-0.3, -0.25) is 9.59 Å². The summed E-state index contributed by atoms with van der Waals surface area (Å²) in [6.45, 7) is 12.1. The van der Waals surface area contributed by atoms with E-state index in [2.05, 4.69) is 39.2 Å². The maximum atomic E-state index is 10.9. The standard InChI is InChI=1S/C12H17N5.C7H7NO2.C4H8.C2H6.C2H2/c1-9-7-14-11-3-4-12(15-17(9)11)16-6-5-10(8-16)13-2;1-8-4-2-3-6(5-9)7(8)10;1-3-4-2;2*1-2/h3-4,7,10,13H,5-6,8H2,1-2H3;2-5H,1H3;3-4H,1-2H3;1-2H3;1-2H/b;;4-3-;;/t10-;;;;/m0..../s1. The minimum atomic E-state index is -0.252. The van der Waals surface area contributed by atoms with Crippen LogP contribution in [0.3, 0.4) is 0 Å². The lowest BCUT2D eigenvalue weighted by atomic mass is 10.3. The Hall–Kier alpha value is -3.70. The fourth-order valence-electron chi connectivity index (χ4n) is 3.06. The van der Waals surface area contributed by atoms with E-state index in [4.69, 9.17) is 0 Å². The summed E-state index contributed by atoms with van der Waals surface area (Å²) in [5.74, 6) is 1.04. The third-order valence-corrected chi connectivity index (χ3v) is 5.05. The average Bonchev–Trinajstić information content (AvgIpc) is 3.55. The van der Waals surface area contributed by atoms with Crippen LogP contribution < -0.4 is 15.8 Å². The van der Waals surface area contributed by atoms with Crippen molar-refractivity contribution in [2.24, 2.45) is 7.05 Å². The second-order valence-electron chi connectivity index (χ2n) is 7.25. The number of hydrogen-bond acceptors (Lipinski definition) is 6. The topological polar surface area (TPSA) is 84.5 Å². The molecule has 8 nitrogen and oxygen atoms in total. The number of fused-ring (bicyclic) bond motifs is 1. The number of pyridine rings is 1. The first kappa shape index (κ1) is 31.3. The van der Waals surface area contributed by atoms with Crippen LogP contribution in [0.15, 0.2) is 53.6 Å². The van der Waals surface area contributed by atoms with E-state index in [1.165, 1.54) is 17.1 Å². The number of allylic oxidation sites excluding steroid dienone is 2. The Labute approximate surface area is 209 Å². The highest BCUT2D eigenvalue weighted by Crippen LogP contribution is 2.18. The van der Waals surface area contributed by atoms with Crippen molar-refractivity contribution in [3.8, 4) is 12.8 Å². The quantitative estimate of drug-likeness (QED) is 0.348. The van der Waals surface area contributed by atoms with Gasteiger partial charge in [0.25, 0.3) is 5.56 Å². The molecule has 1 fully saturated rings. The molecule has 0 unspecified atom stereocenters. The molecule has 4 rings (SSSR count). The Morgan fingerprint density at radius 2 is 1.80 bits per heavy atom. The number of aldehydes is 1. The molecule has 1 saturated heterocycles. The minimum Gasteiger partial charge on any atom is -0.354 e. The van der Waals surface area contributed by atoms with Gasteiger partial charge < -0.3 is 14.8 Å². The molecule has 8 heteroatoms. The van der Waals surface area contributed by atoms with Gasteiger partial charge in [0.05, 0.1) is 17.5 Å². The van der Waals surface area contributed by atoms with Crippen molar-refractivity contribution in [2.45, 2.75) is 47.1 Å². The zero-order chi connectivity index (χ0) is 26.8. The van der Waals surface area contributed by atoms with Crippen molar-refractivity contribution >= 4 is 17.8 Å². The highest BCUT2D eigenvalue weighted by atomic mass is 16.1. The van der Waals surface area contributed by atoms with Crippen molar-refractivity contribution in [2.75, 3.05) is 25.0 Å². The number of likely N-dealkylation sites (N-methyl/N-ethyl adjacent to an activating group) is 1. The van der Waals surface area contributed by atoms with Crippen LogP contribution in [0.1, 0.15) is 50.2 Å². The Balaban J connectivity index is 0.000000548. The van der Waals surface area contributed by atoms with E-state index < -0.39 is 0 Å². The Morgan fingerprint density at radius 3 is 2.31 bits per heavy atom. The summed E-state index contributed by atoms with van der Waals surface area (Å²) >= 11 is 0. The fraction of sp³-hybridized carbons (Fsp3) is 0.407. The van der Waals surface area contributed by atoms with Gasteiger partial charge in [-0.1, -0.05) is 26.0 Å². The third kappa shape index (κ3) is 9.59. The van der Waals surface area contributed by atoms with E-state index in [1.54, 1.807) is 19.3 Å². The number of nitrogens with one attached hydrogen (secondary N) is 1. The molecule has 3 aromatic rings. The van der Waals surface area contributed by atoms with Gasteiger partial charge in [0.2, 0.25) is 0 Å². The highest BCUT2D eigenvalue weighted by molar-refractivity contribution is 5.73. The summed E-state index contributed by atoms with van der Waals surface area (Å²) in [6.07, 6.45) is 17.2. The first-order valence-corrected chi connectivity index (χ1v) is 11.7. The van der Waals surface area contributed by atoms with Gasteiger partial charge in [0.1, 0.15) is 5.82 Å². The molecular formula is C27H40N6O2. The SMILES string of the molecule is C#C.C/C=C\C.CC.CN[C@H]1CCN(c2ccc3ncc(C)n3n2)C1.Cn1cccc(C=O)c1=O. The molecule has 3 aromatic heterocycles. The predicted octanol–water partition coefficient (Wildman–Crippen LogP) is 3.89. The van der Waals surface area contributed by atoms with Gasteiger partial charge in [-0.2, -0.15) is 0 Å². The lowest BCUT2D eigenvalue weighted by molar-refractivity contribution is 0.112. The maximum absolute atomic E-state index is 10.9. The second-order valence-corrected chi connectivity index (χ2v) is 7.25. The Kier molecular flexibility index (Phi) is 15.9. The summed E-state index contributed by atoms with van der Waals surface area (Å²) in [4.78, 5) is 27.7. The van der Waals surface area contributed by atoms with E-state index >= 15 is 0 Å². The third-order valence-electron chi connectivity index (χ3n) is 5.05. The van der Waals surface area contributed by atoms with E-state index in [0.717, 1.165) is 30.2 Å². The average molecular weight is 481 g/mol. The molecule has 1 atom stereocenters. The molecule has 35 heavy (non-hydrogen) atoms. The van der Waals surface area contributed by atoms with Gasteiger partial charge in [-0.05, 0) is 58.5 Å². The highest BCUT2D eigenvalue weighted by Gasteiger charge is 2.22. The zero-order valence-corrected chi connectivity index (χ0v) is 22.1. The number of aryl methyl sites for hydroxylation is 2. The number of carbonyl (C=O) groups is 1. The van der Waals surface area contributed by atoms with Gasteiger partial charge in [-0.15, -0.1) is 17.9 Å². The smallest absolute Gasteiger partial charge is 0.260 e. The lowest BCUT2D eigenvalue weighted by Gasteiger charge is -2.17. The molecule has 0 aliphatic carbocycles. The number of carbonyl (C=O) groups excluding carboxylic acids is 1. The van der Waals surface area contributed by atoms with E-state index in [-0.39, 0.29) is 11.1 Å². The van der Waals surface area contributed by atoms with Crippen LogP contribution in [0, 0.1) is 19.8 Å². The minimum absolute atomic E-state index is 0.199. The largest absolute Gasteiger partial charge is 0.354 e. The van der Waals surface area contributed by atoms with Gasteiger partial charge in [0.15, 0.2) is 11.9 Å². The van der Waals surface area contributed by atoms with Gasteiger partial charge >= 0.3 is 0 Å². The van der Waals surface area contributed by atoms with Crippen molar-refractivity contribution in [3.63, 3.8) is 0 Å². The lowest BCUT2D eigenvalue weighted by Crippen LogP contribution is -2.30. The van der Waals surface area contributed by atoms with Crippen molar-refractivity contribution in [3.05, 3.63) is 70.4 Å². The zero-order valence-electron chi connectivity index (χ0n) is 22.1. The van der Waals surface area contributed by atoms with Crippen LogP contribution >= 0.6 is 0 Å². The van der Waals surface area contributed by atoms with Crippen LogP contribution in [0.2, 0.25) is 0 Å². The fourth-order valence-corrected chi connectivity index (χ4v) is 3.06. The first-order valence-electron chi connectivity index (χ1n) is 11.7. The van der Waals surface area contributed by atoms with E-state index in [9.17, 15) is 9.59 Å². The Bertz CT molecular complexity index is 1110. The number of aromatic nitrogens is 4. The molecule has 0 amide bonds. The van der Waals surface area contributed by atoms with Crippen molar-refractivity contribution in [1.82, 2.24) is 24.5 Å². The molecule has 1 aliphatic heterocycles. The van der Waals surface area contributed by atoms with Crippen LogP contribution in [0.25, 0.3) is 5.65 Å². The van der Waals surface area contributed by atoms with Gasteiger partial charge in [0, 0.05) is 32.4 Å². The summed E-state index contributed by atoms with van der Waals surface area (Å²) in [7, 11) is 3.63. The molecule has 0 spiro atoms. The summed E-state index contributed by atoms with van der Waals surface area (Å²) in [5.41, 5.74) is 1.93. The summed E-state index contributed by atoms with van der Waals surface area (Å²) < 4.78 is 3.27. The molecule has 1 aliphatic rings. The van der Waals surface area contributed by atoms with Gasteiger partial charge in [-0.25, -0.2) is 9.50 Å². The molecule has 0 saturated carbocycles. The maximum Gasteiger partial charge on any atom is 0.260 e. The first-order chi connectivity index (χ1) is 16.9. The van der Waals surface area contributed by atoms with Crippen LogP contribution in [-0.4, -0.2) is 51.6 Å². The van der Waals surface area contributed by atoms with Crippen LogP contribution in [0.4, 0.5) is 5.82 Å². The molecule has 0 aromatic carbocycles. The van der Waals surface area contributed by atoms with E-state index in [0.29, 0.717) is 12.3 Å². The summed E-state index contributed by atoms with van der Waals surface area (Å²) in [5, 5.41) is 7.96. The number of imidazole rings is 1. The van der Waals surface area contributed by atoms with Crippen molar-refractivity contribution < 1.29 is 4.79 Å².